The molecule has 0 spiro atoms. The summed E-state index contributed by atoms with van der Waals surface area (Å²) in [6, 6.07) is 5.59. The van der Waals surface area contributed by atoms with E-state index in [0.717, 1.165) is 11.3 Å². The standard InChI is InChI=1S/C16H18FN3O2S2/c1-10(2)7-18-15(22)20-14(21)9-24-16-19-13(8-23-16)11-3-5-12(17)6-4-11/h3-6,8,10H,7,9H2,1-2H3,(H2,18,20,21,22). The van der Waals surface area contributed by atoms with Gasteiger partial charge in [-0.25, -0.2) is 14.2 Å². The van der Waals surface area contributed by atoms with Crippen LogP contribution in [0.15, 0.2) is 34.0 Å². The van der Waals surface area contributed by atoms with Crippen LogP contribution in [0, 0.1) is 11.7 Å². The Hall–Kier alpha value is -1.93. The molecule has 2 aromatic rings. The second-order valence-corrected chi connectivity index (χ2v) is 7.53. The second-order valence-electron chi connectivity index (χ2n) is 5.45. The van der Waals surface area contributed by atoms with Gasteiger partial charge in [0.05, 0.1) is 11.4 Å². The van der Waals surface area contributed by atoms with Crippen LogP contribution in [0.3, 0.4) is 0 Å². The first-order valence-electron chi connectivity index (χ1n) is 7.36. The Kier molecular flexibility index (Phi) is 6.74. The van der Waals surface area contributed by atoms with Crippen LogP contribution in [0.1, 0.15) is 13.8 Å². The number of aromatic nitrogens is 1. The van der Waals surface area contributed by atoms with Crippen LogP contribution < -0.4 is 10.6 Å². The molecule has 1 aromatic carbocycles. The predicted molar refractivity (Wildman–Crippen MR) is 94.6 cm³/mol. The van der Waals surface area contributed by atoms with Gasteiger partial charge in [0, 0.05) is 17.5 Å². The third-order valence-corrected chi connectivity index (χ3v) is 4.89. The number of thioether (sulfide) groups is 1. The number of amides is 3. The van der Waals surface area contributed by atoms with Gasteiger partial charge in [-0.1, -0.05) is 25.6 Å². The minimum atomic E-state index is -0.486. The number of carbonyl (C=O) groups is 2. The van der Waals surface area contributed by atoms with Crippen molar-refractivity contribution in [3.63, 3.8) is 0 Å². The van der Waals surface area contributed by atoms with Crippen LogP contribution >= 0.6 is 23.1 Å². The molecule has 0 fully saturated rings. The smallest absolute Gasteiger partial charge is 0.321 e. The molecule has 0 bridgehead atoms. The first kappa shape index (κ1) is 18.4. The van der Waals surface area contributed by atoms with E-state index in [-0.39, 0.29) is 17.5 Å². The summed E-state index contributed by atoms with van der Waals surface area (Å²) in [5.41, 5.74) is 1.55. The summed E-state index contributed by atoms with van der Waals surface area (Å²) >= 11 is 2.66. The van der Waals surface area contributed by atoms with Crippen molar-refractivity contribution < 1.29 is 14.0 Å². The SMILES string of the molecule is CC(C)CNC(=O)NC(=O)CSc1nc(-c2ccc(F)cc2)cs1. The number of imide groups is 1. The Bertz CT molecular complexity index is 702. The van der Waals surface area contributed by atoms with Crippen molar-refractivity contribution in [3.05, 3.63) is 35.5 Å². The number of carbonyl (C=O) groups excluding carboxylic acids is 2. The Morgan fingerprint density at radius 1 is 1.29 bits per heavy atom. The summed E-state index contributed by atoms with van der Waals surface area (Å²) in [5.74, 6) is -0.248. The summed E-state index contributed by atoms with van der Waals surface area (Å²) in [6.45, 7) is 4.46. The number of urea groups is 1. The van der Waals surface area contributed by atoms with E-state index >= 15 is 0 Å². The van der Waals surface area contributed by atoms with Gasteiger partial charge in [0.1, 0.15) is 5.82 Å². The number of hydrogen-bond acceptors (Lipinski definition) is 5. The van der Waals surface area contributed by atoms with Gasteiger partial charge in [-0.15, -0.1) is 11.3 Å². The maximum absolute atomic E-state index is 12.9. The topological polar surface area (TPSA) is 71.1 Å². The third-order valence-electron chi connectivity index (χ3n) is 2.87. The van der Waals surface area contributed by atoms with E-state index in [1.165, 1.54) is 35.2 Å². The number of nitrogens with one attached hydrogen (secondary N) is 2. The van der Waals surface area contributed by atoms with Gasteiger partial charge in [0.25, 0.3) is 0 Å². The highest BCUT2D eigenvalue weighted by atomic mass is 32.2. The van der Waals surface area contributed by atoms with Crippen molar-refractivity contribution in [2.45, 2.75) is 18.2 Å². The molecule has 128 valence electrons. The highest BCUT2D eigenvalue weighted by molar-refractivity contribution is 8.01. The fourth-order valence-electron chi connectivity index (χ4n) is 1.71. The minimum Gasteiger partial charge on any atom is -0.338 e. The Morgan fingerprint density at radius 3 is 2.67 bits per heavy atom. The zero-order valence-corrected chi connectivity index (χ0v) is 15.0. The number of benzene rings is 1. The van der Waals surface area contributed by atoms with Gasteiger partial charge in [0.2, 0.25) is 5.91 Å². The monoisotopic (exact) mass is 367 g/mol. The largest absolute Gasteiger partial charge is 0.338 e. The summed E-state index contributed by atoms with van der Waals surface area (Å²) in [5, 5.41) is 6.74. The van der Waals surface area contributed by atoms with Gasteiger partial charge in [0.15, 0.2) is 4.34 Å². The van der Waals surface area contributed by atoms with E-state index in [2.05, 4.69) is 15.6 Å². The molecule has 0 aliphatic heterocycles. The lowest BCUT2D eigenvalue weighted by molar-refractivity contribution is -0.117. The zero-order valence-electron chi connectivity index (χ0n) is 13.3. The van der Waals surface area contributed by atoms with E-state index in [0.29, 0.717) is 16.8 Å². The van der Waals surface area contributed by atoms with E-state index in [1.807, 2.05) is 19.2 Å². The fraction of sp³-hybridized carbons (Fsp3) is 0.312. The molecule has 24 heavy (non-hydrogen) atoms. The molecule has 0 aliphatic carbocycles. The molecule has 1 heterocycles. The molecule has 0 aliphatic rings. The van der Waals surface area contributed by atoms with Crippen molar-refractivity contribution in [1.29, 1.82) is 0 Å². The van der Waals surface area contributed by atoms with E-state index < -0.39 is 6.03 Å². The summed E-state index contributed by atoms with van der Waals surface area (Å²) in [4.78, 5) is 27.6. The summed E-state index contributed by atoms with van der Waals surface area (Å²) < 4.78 is 13.6. The molecule has 0 saturated carbocycles. The van der Waals surface area contributed by atoms with Crippen molar-refractivity contribution in [1.82, 2.24) is 15.6 Å². The molecule has 2 rings (SSSR count). The van der Waals surface area contributed by atoms with Gasteiger partial charge in [-0.2, -0.15) is 0 Å². The maximum atomic E-state index is 12.9. The summed E-state index contributed by atoms with van der Waals surface area (Å²) in [6.07, 6.45) is 0. The van der Waals surface area contributed by atoms with Crippen molar-refractivity contribution in [2.75, 3.05) is 12.3 Å². The maximum Gasteiger partial charge on any atom is 0.321 e. The average molecular weight is 367 g/mol. The lowest BCUT2D eigenvalue weighted by Crippen LogP contribution is -2.41. The van der Waals surface area contributed by atoms with Gasteiger partial charge in [-0.3, -0.25) is 10.1 Å². The Labute approximate surface area is 148 Å². The Balaban J connectivity index is 1.81. The molecule has 0 saturated heterocycles. The van der Waals surface area contributed by atoms with Crippen LogP contribution in [0.5, 0.6) is 0 Å². The van der Waals surface area contributed by atoms with E-state index in [4.69, 9.17) is 0 Å². The number of thiazole rings is 1. The number of halogens is 1. The van der Waals surface area contributed by atoms with Crippen molar-refractivity contribution >= 4 is 35.0 Å². The number of nitrogens with zero attached hydrogens (tertiary/aromatic N) is 1. The van der Waals surface area contributed by atoms with Gasteiger partial charge >= 0.3 is 6.03 Å². The van der Waals surface area contributed by atoms with Crippen molar-refractivity contribution in [2.24, 2.45) is 5.92 Å². The number of rotatable bonds is 6. The average Bonchev–Trinajstić information content (AvgIpc) is 3.00. The highest BCUT2D eigenvalue weighted by Gasteiger charge is 2.11. The molecule has 0 atom stereocenters. The Morgan fingerprint density at radius 2 is 2.00 bits per heavy atom. The first-order valence-corrected chi connectivity index (χ1v) is 9.22. The van der Waals surface area contributed by atoms with Gasteiger partial charge in [-0.05, 0) is 30.2 Å². The zero-order chi connectivity index (χ0) is 17.5. The lowest BCUT2D eigenvalue weighted by atomic mass is 10.2. The quantitative estimate of drug-likeness (QED) is 0.767. The molecule has 2 N–H and O–H groups in total. The van der Waals surface area contributed by atoms with Crippen LogP contribution in [0.25, 0.3) is 11.3 Å². The van der Waals surface area contributed by atoms with Crippen molar-refractivity contribution in [3.8, 4) is 11.3 Å². The lowest BCUT2D eigenvalue weighted by Gasteiger charge is -2.07. The first-order chi connectivity index (χ1) is 11.4. The number of hydrogen-bond donors (Lipinski definition) is 2. The molecular weight excluding hydrogens is 349 g/mol. The molecule has 0 unspecified atom stereocenters. The van der Waals surface area contributed by atoms with E-state index in [1.54, 1.807) is 12.1 Å². The fourth-order valence-corrected chi connectivity index (χ4v) is 3.34. The molecule has 5 nitrogen and oxygen atoms in total. The summed E-state index contributed by atoms with van der Waals surface area (Å²) in [7, 11) is 0. The predicted octanol–water partition coefficient (Wildman–Crippen LogP) is 3.52. The van der Waals surface area contributed by atoms with Crippen LogP contribution in [-0.4, -0.2) is 29.2 Å². The normalized spacial score (nSPS) is 10.7. The van der Waals surface area contributed by atoms with Gasteiger partial charge < -0.3 is 5.32 Å². The molecule has 1 aromatic heterocycles. The molecule has 0 radical (unpaired) electrons. The highest BCUT2D eigenvalue weighted by Crippen LogP contribution is 2.28. The van der Waals surface area contributed by atoms with E-state index in [9.17, 15) is 14.0 Å². The van der Waals surface area contributed by atoms with Crippen LogP contribution in [0.4, 0.5) is 9.18 Å². The minimum absolute atomic E-state index is 0.103. The second kappa shape index (κ2) is 8.79. The molecule has 8 heteroatoms. The third kappa shape index (κ3) is 5.93. The van der Waals surface area contributed by atoms with Crippen LogP contribution in [-0.2, 0) is 4.79 Å². The molecule has 3 amide bonds. The van der Waals surface area contributed by atoms with Crippen LogP contribution in [0.2, 0.25) is 0 Å². The molecular formula is C16H18FN3O2S2.